The van der Waals surface area contributed by atoms with E-state index in [1.54, 1.807) is 6.92 Å². The summed E-state index contributed by atoms with van der Waals surface area (Å²) < 4.78 is 5.28. The van der Waals surface area contributed by atoms with Gasteiger partial charge in [-0.2, -0.15) is 0 Å². The molecule has 0 saturated heterocycles. The lowest BCUT2D eigenvalue weighted by atomic mass is 10.1. The maximum atomic E-state index is 11.9. The first kappa shape index (κ1) is 17.7. The van der Waals surface area contributed by atoms with Crippen LogP contribution >= 0.6 is 0 Å². The van der Waals surface area contributed by atoms with Crippen LogP contribution < -0.4 is 5.32 Å². The minimum atomic E-state index is -0.791. The summed E-state index contributed by atoms with van der Waals surface area (Å²) in [5.41, 5.74) is 0.794. The van der Waals surface area contributed by atoms with E-state index in [1.165, 1.54) is 19.2 Å². The molecule has 7 heteroatoms. The van der Waals surface area contributed by atoms with Crippen molar-refractivity contribution in [2.75, 3.05) is 5.32 Å². The van der Waals surface area contributed by atoms with Crippen LogP contribution in [0.2, 0.25) is 0 Å². The van der Waals surface area contributed by atoms with E-state index >= 15 is 0 Å². The number of unbranched alkanes of at least 4 members (excludes halogenated alkanes) is 2. The monoisotopic (exact) mass is 310 g/mol. The first-order chi connectivity index (χ1) is 10.4. The van der Waals surface area contributed by atoms with E-state index in [4.69, 9.17) is 9.84 Å². The highest BCUT2D eigenvalue weighted by Gasteiger charge is 2.14. The molecule has 0 bridgehead atoms. The maximum absolute atomic E-state index is 11.9. The van der Waals surface area contributed by atoms with Gasteiger partial charge in [-0.1, -0.05) is 6.42 Å². The largest absolute Gasteiger partial charge is 0.481 e. The zero-order chi connectivity index (χ0) is 16.5. The Hall–Kier alpha value is -2.31. The van der Waals surface area contributed by atoms with Crippen LogP contribution in [-0.4, -0.2) is 34.0 Å². The third-order valence-electron chi connectivity index (χ3n) is 3.03. The topological polar surface area (TPSA) is 108 Å². The molecule has 0 aliphatic rings. The first-order valence-corrected chi connectivity index (χ1v) is 7.27. The molecule has 1 rings (SSSR count). The second kappa shape index (κ2) is 8.86. The smallest absolute Gasteiger partial charge is 0.355 e. The number of carbonyl (C=O) groups is 3. The number of rotatable bonds is 9. The van der Waals surface area contributed by atoms with Crippen LogP contribution in [0.1, 0.15) is 56.4 Å². The van der Waals surface area contributed by atoms with E-state index in [1.807, 2.05) is 0 Å². The minimum absolute atomic E-state index is 0.169. The summed E-state index contributed by atoms with van der Waals surface area (Å²) in [6.07, 6.45) is 4.37. The van der Waals surface area contributed by atoms with Crippen molar-refractivity contribution in [3.8, 4) is 0 Å². The zero-order valence-corrected chi connectivity index (χ0v) is 12.8. The highest BCUT2D eigenvalue weighted by atomic mass is 16.5. The Labute approximate surface area is 129 Å². The zero-order valence-electron chi connectivity index (χ0n) is 12.8. The van der Waals surface area contributed by atoms with Crippen molar-refractivity contribution in [2.45, 2.75) is 52.1 Å². The quantitative estimate of drug-likeness (QED) is 0.480. The van der Waals surface area contributed by atoms with Crippen LogP contribution in [0, 0.1) is 0 Å². The average molecular weight is 310 g/mol. The lowest BCUT2D eigenvalue weighted by molar-refractivity contribution is -0.137. The van der Waals surface area contributed by atoms with Crippen LogP contribution in [0.15, 0.2) is 12.3 Å². The molecule has 0 unspecified atom stereocenters. The molecule has 0 fully saturated rings. The van der Waals surface area contributed by atoms with Gasteiger partial charge in [0.05, 0.1) is 11.8 Å². The highest BCUT2D eigenvalue weighted by molar-refractivity contribution is 5.92. The van der Waals surface area contributed by atoms with Gasteiger partial charge in [0.15, 0.2) is 0 Å². The SMILES string of the molecule is CC(=O)Nc1c[nH]c(C(=O)O[C@H](C)CCCCCC(=O)O)c1. The molecule has 0 saturated carbocycles. The van der Waals surface area contributed by atoms with Gasteiger partial charge in [-0.15, -0.1) is 0 Å². The van der Waals surface area contributed by atoms with Gasteiger partial charge in [-0.05, 0) is 32.3 Å². The lowest BCUT2D eigenvalue weighted by Gasteiger charge is -2.12. The molecule has 1 atom stereocenters. The van der Waals surface area contributed by atoms with E-state index in [2.05, 4.69) is 10.3 Å². The fraction of sp³-hybridized carbons (Fsp3) is 0.533. The van der Waals surface area contributed by atoms with Crippen LogP contribution in [0.25, 0.3) is 0 Å². The number of anilines is 1. The molecule has 1 amide bonds. The predicted octanol–water partition coefficient (Wildman–Crippen LogP) is 2.55. The number of esters is 1. The Morgan fingerprint density at radius 3 is 2.68 bits per heavy atom. The molecule has 0 spiro atoms. The molecule has 122 valence electrons. The summed E-state index contributed by atoms with van der Waals surface area (Å²) in [5.74, 6) is -1.48. The van der Waals surface area contributed by atoms with Gasteiger partial charge in [-0.3, -0.25) is 9.59 Å². The Kier molecular flexibility index (Phi) is 7.15. The van der Waals surface area contributed by atoms with Crippen molar-refractivity contribution in [1.29, 1.82) is 0 Å². The number of aromatic nitrogens is 1. The number of aliphatic carboxylic acids is 1. The molecule has 0 aromatic carbocycles. The minimum Gasteiger partial charge on any atom is -0.481 e. The second-order valence-corrected chi connectivity index (χ2v) is 5.19. The van der Waals surface area contributed by atoms with Crippen molar-refractivity contribution in [3.05, 3.63) is 18.0 Å². The van der Waals surface area contributed by atoms with Gasteiger partial charge >= 0.3 is 11.9 Å². The summed E-state index contributed by atoms with van der Waals surface area (Å²) in [6.45, 7) is 3.18. The number of amides is 1. The molecular formula is C15H22N2O5. The molecule has 22 heavy (non-hydrogen) atoms. The van der Waals surface area contributed by atoms with Crippen LogP contribution in [0.5, 0.6) is 0 Å². The third-order valence-corrected chi connectivity index (χ3v) is 3.03. The van der Waals surface area contributed by atoms with Crippen molar-refractivity contribution in [2.24, 2.45) is 0 Å². The number of carboxylic acid groups (broad SMARTS) is 1. The van der Waals surface area contributed by atoms with Gasteiger partial charge in [-0.25, -0.2) is 4.79 Å². The number of carbonyl (C=O) groups excluding carboxylic acids is 2. The maximum Gasteiger partial charge on any atom is 0.355 e. The van der Waals surface area contributed by atoms with E-state index < -0.39 is 11.9 Å². The molecular weight excluding hydrogens is 288 g/mol. The van der Waals surface area contributed by atoms with Gasteiger partial charge in [0.2, 0.25) is 5.91 Å². The first-order valence-electron chi connectivity index (χ1n) is 7.27. The lowest BCUT2D eigenvalue weighted by Crippen LogP contribution is -2.15. The molecule has 0 aliphatic carbocycles. The predicted molar refractivity (Wildman–Crippen MR) is 80.7 cm³/mol. The third kappa shape index (κ3) is 6.92. The number of aromatic amines is 1. The van der Waals surface area contributed by atoms with Crippen LogP contribution in [0.4, 0.5) is 5.69 Å². The van der Waals surface area contributed by atoms with Crippen LogP contribution in [0.3, 0.4) is 0 Å². The fourth-order valence-corrected chi connectivity index (χ4v) is 1.98. The Balaban J connectivity index is 2.30. The van der Waals surface area contributed by atoms with Gasteiger partial charge in [0.1, 0.15) is 5.69 Å². The number of nitrogens with one attached hydrogen (secondary N) is 2. The average Bonchev–Trinajstić information content (AvgIpc) is 2.85. The standard InChI is InChI=1S/C15H22N2O5/c1-10(6-4-3-5-7-14(19)20)22-15(21)13-8-12(9-16-13)17-11(2)18/h8-10,16H,3-7H2,1-2H3,(H,17,18)(H,19,20)/t10-/m1/s1. The van der Waals surface area contributed by atoms with Gasteiger partial charge in [0, 0.05) is 19.5 Å². The van der Waals surface area contributed by atoms with Gasteiger partial charge in [0.25, 0.3) is 0 Å². The van der Waals surface area contributed by atoms with Crippen LogP contribution in [-0.2, 0) is 14.3 Å². The Morgan fingerprint density at radius 2 is 2.05 bits per heavy atom. The second-order valence-electron chi connectivity index (χ2n) is 5.19. The number of hydrogen-bond acceptors (Lipinski definition) is 4. The molecule has 0 aliphatic heterocycles. The fourth-order valence-electron chi connectivity index (χ4n) is 1.98. The van der Waals surface area contributed by atoms with Crippen molar-refractivity contribution in [3.63, 3.8) is 0 Å². The summed E-state index contributed by atoms with van der Waals surface area (Å²) in [5, 5.41) is 11.1. The van der Waals surface area contributed by atoms with E-state index in [0.29, 0.717) is 18.5 Å². The normalized spacial score (nSPS) is 11.7. The number of H-pyrrole nitrogens is 1. The van der Waals surface area contributed by atoms with E-state index in [0.717, 1.165) is 12.8 Å². The van der Waals surface area contributed by atoms with E-state index in [9.17, 15) is 14.4 Å². The Morgan fingerprint density at radius 1 is 1.32 bits per heavy atom. The molecule has 0 radical (unpaired) electrons. The number of hydrogen-bond donors (Lipinski definition) is 3. The number of ether oxygens (including phenoxy) is 1. The van der Waals surface area contributed by atoms with E-state index in [-0.39, 0.29) is 24.1 Å². The van der Waals surface area contributed by atoms with Crippen molar-refractivity contribution >= 4 is 23.5 Å². The summed E-state index contributed by atoms with van der Waals surface area (Å²) in [7, 11) is 0. The summed E-state index contributed by atoms with van der Waals surface area (Å²) >= 11 is 0. The molecule has 1 heterocycles. The van der Waals surface area contributed by atoms with Crippen molar-refractivity contribution < 1.29 is 24.2 Å². The molecule has 3 N–H and O–H groups in total. The van der Waals surface area contributed by atoms with Gasteiger partial charge < -0.3 is 20.1 Å². The summed E-state index contributed by atoms with van der Waals surface area (Å²) in [4.78, 5) is 35.9. The molecule has 1 aromatic rings. The Bertz CT molecular complexity index is 524. The number of carboxylic acids is 1. The summed E-state index contributed by atoms with van der Waals surface area (Å²) in [6, 6.07) is 1.52. The molecule has 7 nitrogen and oxygen atoms in total. The highest BCUT2D eigenvalue weighted by Crippen LogP contribution is 2.13. The molecule has 1 aromatic heterocycles. The van der Waals surface area contributed by atoms with Crippen molar-refractivity contribution in [1.82, 2.24) is 4.98 Å².